The summed E-state index contributed by atoms with van der Waals surface area (Å²) in [6, 6.07) is 16.3. The van der Waals surface area contributed by atoms with E-state index in [-0.39, 0.29) is 11.7 Å². The smallest absolute Gasteiger partial charge is 0.234 e. The molecule has 6 heteroatoms. The summed E-state index contributed by atoms with van der Waals surface area (Å²) >= 11 is 1.39. The predicted octanol–water partition coefficient (Wildman–Crippen LogP) is 4.96. The number of carbonyl (C=O) groups excluding carboxylic acids is 1. The SMILES string of the molecule is CCCCc1ccc(NC(=O)CSc2nnc(C)n2-c2ccc(C)cc2)cc1. The number of anilines is 1. The molecule has 0 radical (unpaired) electrons. The summed E-state index contributed by atoms with van der Waals surface area (Å²) in [5.74, 6) is 1.03. The first kappa shape index (κ1) is 20.1. The highest BCUT2D eigenvalue weighted by molar-refractivity contribution is 7.99. The third-order valence-electron chi connectivity index (χ3n) is 4.48. The predicted molar refractivity (Wildman–Crippen MR) is 115 cm³/mol. The Morgan fingerprint density at radius 2 is 1.75 bits per heavy atom. The van der Waals surface area contributed by atoms with Crippen LogP contribution in [0.3, 0.4) is 0 Å². The molecule has 0 aliphatic carbocycles. The number of benzene rings is 2. The monoisotopic (exact) mass is 394 g/mol. The van der Waals surface area contributed by atoms with Crippen molar-refractivity contribution in [3.05, 3.63) is 65.5 Å². The molecule has 0 saturated heterocycles. The summed E-state index contributed by atoms with van der Waals surface area (Å²) in [5, 5.41) is 12.1. The number of amides is 1. The minimum Gasteiger partial charge on any atom is -0.325 e. The molecule has 5 nitrogen and oxygen atoms in total. The van der Waals surface area contributed by atoms with Crippen LogP contribution in [0.1, 0.15) is 36.7 Å². The molecule has 0 unspecified atom stereocenters. The minimum absolute atomic E-state index is 0.0533. The third kappa shape index (κ3) is 5.23. The van der Waals surface area contributed by atoms with Crippen LogP contribution >= 0.6 is 11.8 Å². The van der Waals surface area contributed by atoms with Gasteiger partial charge in [-0.1, -0.05) is 54.9 Å². The number of hydrogen-bond donors (Lipinski definition) is 1. The van der Waals surface area contributed by atoms with Gasteiger partial charge in [-0.3, -0.25) is 9.36 Å². The Balaban J connectivity index is 1.60. The first-order valence-electron chi connectivity index (χ1n) is 9.57. The van der Waals surface area contributed by atoms with Crippen LogP contribution in [0.5, 0.6) is 0 Å². The molecule has 0 aliphatic rings. The lowest BCUT2D eigenvalue weighted by molar-refractivity contribution is -0.113. The van der Waals surface area contributed by atoms with Crippen molar-refractivity contribution in [2.24, 2.45) is 0 Å². The number of aromatic nitrogens is 3. The van der Waals surface area contributed by atoms with Gasteiger partial charge < -0.3 is 5.32 Å². The maximum atomic E-state index is 12.4. The summed E-state index contributed by atoms with van der Waals surface area (Å²) in [6.45, 7) is 6.16. The van der Waals surface area contributed by atoms with Crippen molar-refractivity contribution in [2.75, 3.05) is 11.1 Å². The van der Waals surface area contributed by atoms with E-state index in [9.17, 15) is 4.79 Å². The molecule has 0 spiro atoms. The Morgan fingerprint density at radius 1 is 1.04 bits per heavy atom. The van der Waals surface area contributed by atoms with Crippen molar-refractivity contribution >= 4 is 23.4 Å². The molecule has 1 aromatic heterocycles. The summed E-state index contributed by atoms with van der Waals surface area (Å²) in [5.41, 5.74) is 4.32. The summed E-state index contributed by atoms with van der Waals surface area (Å²) in [6.07, 6.45) is 3.44. The van der Waals surface area contributed by atoms with Gasteiger partial charge in [0.05, 0.1) is 5.75 Å². The van der Waals surface area contributed by atoms with Gasteiger partial charge in [0.2, 0.25) is 5.91 Å². The van der Waals surface area contributed by atoms with Crippen LogP contribution in [-0.4, -0.2) is 26.4 Å². The van der Waals surface area contributed by atoms with Crippen LogP contribution in [0.4, 0.5) is 5.69 Å². The van der Waals surface area contributed by atoms with Crippen LogP contribution in [0.25, 0.3) is 5.69 Å². The fraction of sp³-hybridized carbons (Fsp3) is 0.318. The number of nitrogens with one attached hydrogen (secondary N) is 1. The van der Waals surface area contributed by atoms with E-state index in [1.54, 1.807) is 0 Å². The van der Waals surface area contributed by atoms with Gasteiger partial charge in [0.1, 0.15) is 5.82 Å². The zero-order valence-corrected chi connectivity index (χ0v) is 17.4. The molecule has 2 aromatic carbocycles. The fourth-order valence-electron chi connectivity index (χ4n) is 2.89. The lowest BCUT2D eigenvalue weighted by Gasteiger charge is -2.09. The molecule has 28 heavy (non-hydrogen) atoms. The Kier molecular flexibility index (Phi) is 6.87. The molecule has 0 fully saturated rings. The van der Waals surface area contributed by atoms with Gasteiger partial charge in [-0.2, -0.15) is 0 Å². The van der Waals surface area contributed by atoms with Gasteiger partial charge in [-0.05, 0) is 56.5 Å². The number of hydrogen-bond acceptors (Lipinski definition) is 4. The molecule has 1 heterocycles. The van der Waals surface area contributed by atoms with Crippen molar-refractivity contribution in [1.29, 1.82) is 0 Å². The van der Waals surface area contributed by atoms with Crippen molar-refractivity contribution in [3.8, 4) is 5.69 Å². The number of thioether (sulfide) groups is 1. The zero-order valence-electron chi connectivity index (χ0n) is 16.6. The van der Waals surface area contributed by atoms with E-state index in [1.807, 2.05) is 35.8 Å². The van der Waals surface area contributed by atoms with E-state index in [4.69, 9.17) is 0 Å². The fourth-order valence-corrected chi connectivity index (χ4v) is 3.69. The highest BCUT2D eigenvalue weighted by atomic mass is 32.2. The molecule has 1 amide bonds. The summed E-state index contributed by atoms with van der Waals surface area (Å²) in [4.78, 5) is 12.4. The van der Waals surface area contributed by atoms with Gasteiger partial charge in [-0.15, -0.1) is 10.2 Å². The van der Waals surface area contributed by atoms with Crippen LogP contribution in [0.15, 0.2) is 53.7 Å². The second kappa shape index (κ2) is 9.55. The van der Waals surface area contributed by atoms with Crippen LogP contribution in [-0.2, 0) is 11.2 Å². The van der Waals surface area contributed by atoms with Crippen molar-refractivity contribution < 1.29 is 4.79 Å². The van der Waals surface area contributed by atoms with Gasteiger partial charge >= 0.3 is 0 Å². The van der Waals surface area contributed by atoms with Crippen molar-refractivity contribution in [2.45, 2.75) is 45.2 Å². The third-order valence-corrected chi connectivity index (χ3v) is 5.41. The summed E-state index contributed by atoms with van der Waals surface area (Å²) < 4.78 is 1.97. The maximum absolute atomic E-state index is 12.4. The lowest BCUT2D eigenvalue weighted by Crippen LogP contribution is -2.14. The normalized spacial score (nSPS) is 10.8. The van der Waals surface area contributed by atoms with Crippen molar-refractivity contribution in [3.63, 3.8) is 0 Å². The molecule has 3 rings (SSSR count). The van der Waals surface area contributed by atoms with E-state index in [0.717, 1.165) is 23.6 Å². The van der Waals surface area contributed by atoms with E-state index in [2.05, 4.69) is 53.6 Å². The Bertz CT molecular complexity index is 917. The largest absolute Gasteiger partial charge is 0.325 e. The van der Waals surface area contributed by atoms with Crippen molar-refractivity contribution in [1.82, 2.24) is 14.8 Å². The first-order chi connectivity index (χ1) is 13.6. The molecule has 0 atom stereocenters. The molecular weight excluding hydrogens is 368 g/mol. The number of unbranched alkanes of at least 4 members (excludes halogenated alkanes) is 1. The number of aryl methyl sites for hydroxylation is 3. The number of nitrogens with zero attached hydrogens (tertiary/aromatic N) is 3. The average Bonchev–Trinajstić information content (AvgIpc) is 3.07. The van der Waals surface area contributed by atoms with E-state index >= 15 is 0 Å². The second-order valence-corrected chi connectivity index (χ2v) is 7.78. The van der Waals surface area contributed by atoms with Gasteiger partial charge in [0.25, 0.3) is 0 Å². The van der Waals surface area contributed by atoms with E-state index < -0.39 is 0 Å². The lowest BCUT2D eigenvalue weighted by atomic mass is 10.1. The van der Waals surface area contributed by atoms with E-state index in [1.165, 1.54) is 35.7 Å². The molecule has 1 N–H and O–H groups in total. The van der Waals surface area contributed by atoms with Gasteiger partial charge in [0, 0.05) is 11.4 Å². The second-order valence-electron chi connectivity index (χ2n) is 6.84. The molecule has 0 bridgehead atoms. The number of carbonyl (C=O) groups is 1. The minimum atomic E-state index is -0.0533. The quantitative estimate of drug-likeness (QED) is 0.549. The standard InChI is InChI=1S/C22H26N4OS/c1-4-5-6-18-9-11-19(12-10-18)23-21(27)15-28-22-25-24-17(3)26(22)20-13-7-16(2)8-14-20/h7-14H,4-6,15H2,1-3H3,(H,23,27). The Labute approximate surface area is 170 Å². The number of rotatable bonds is 8. The first-order valence-corrected chi connectivity index (χ1v) is 10.6. The highest BCUT2D eigenvalue weighted by Crippen LogP contribution is 2.22. The highest BCUT2D eigenvalue weighted by Gasteiger charge is 2.13. The van der Waals surface area contributed by atoms with Gasteiger partial charge in [0.15, 0.2) is 5.16 Å². The topological polar surface area (TPSA) is 59.8 Å². The van der Waals surface area contributed by atoms with Crippen LogP contribution in [0.2, 0.25) is 0 Å². The zero-order chi connectivity index (χ0) is 19.9. The summed E-state index contributed by atoms with van der Waals surface area (Å²) in [7, 11) is 0. The van der Waals surface area contributed by atoms with Crippen LogP contribution in [0, 0.1) is 13.8 Å². The van der Waals surface area contributed by atoms with E-state index in [0.29, 0.717) is 5.16 Å². The van der Waals surface area contributed by atoms with Crippen LogP contribution < -0.4 is 5.32 Å². The molecule has 0 aliphatic heterocycles. The molecule has 3 aromatic rings. The maximum Gasteiger partial charge on any atom is 0.234 e. The Morgan fingerprint density at radius 3 is 2.43 bits per heavy atom. The average molecular weight is 395 g/mol. The molecule has 146 valence electrons. The van der Waals surface area contributed by atoms with Gasteiger partial charge in [-0.25, -0.2) is 0 Å². The molecular formula is C22H26N4OS. The Hall–Kier alpha value is -2.60. The molecule has 0 saturated carbocycles.